The molecule has 3 aromatic heterocycles. The number of H-pyrrole nitrogens is 1. The number of hydrogen-bond acceptors (Lipinski definition) is 3. The summed E-state index contributed by atoms with van der Waals surface area (Å²) in [6, 6.07) is 13.4. The highest BCUT2D eigenvalue weighted by Crippen LogP contribution is 2.30. The lowest BCUT2D eigenvalue weighted by Gasteiger charge is -2.09. The monoisotopic (exact) mass is 358 g/mol. The van der Waals surface area contributed by atoms with Crippen molar-refractivity contribution in [1.29, 1.82) is 0 Å². The zero-order chi connectivity index (χ0) is 18.8. The molecule has 0 aliphatic rings. The maximum atomic E-state index is 12.0. The molecule has 0 saturated carbocycles. The Hall–Kier alpha value is -3.21. The van der Waals surface area contributed by atoms with Crippen LogP contribution in [0.15, 0.2) is 65.8 Å². The van der Waals surface area contributed by atoms with E-state index in [-0.39, 0.29) is 5.56 Å². The number of aromatic amines is 1. The average molecular weight is 358 g/mol. The van der Waals surface area contributed by atoms with Crippen molar-refractivity contribution < 1.29 is 0 Å². The predicted molar refractivity (Wildman–Crippen MR) is 108 cm³/mol. The molecule has 5 heteroatoms. The zero-order valence-corrected chi connectivity index (χ0v) is 15.5. The van der Waals surface area contributed by atoms with Gasteiger partial charge in [0.15, 0.2) is 0 Å². The lowest BCUT2D eigenvalue weighted by molar-refractivity contribution is 0.487. The first-order chi connectivity index (χ1) is 13.1. The number of aromatic nitrogens is 4. The molecule has 27 heavy (non-hydrogen) atoms. The van der Waals surface area contributed by atoms with Crippen molar-refractivity contribution in [2.24, 2.45) is 5.92 Å². The second-order valence-corrected chi connectivity index (χ2v) is 7.20. The summed E-state index contributed by atoms with van der Waals surface area (Å²) in [4.78, 5) is 19.4. The summed E-state index contributed by atoms with van der Waals surface area (Å²) < 4.78 is 1.96. The van der Waals surface area contributed by atoms with Gasteiger partial charge in [-0.25, -0.2) is 0 Å². The van der Waals surface area contributed by atoms with Crippen LogP contribution in [0, 0.1) is 5.92 Å². The fourth-order valence-corrected chi connectivity index (χ4v) is 3.18. The van der Waals surface area contributed by atoms with Gasteiger partial charge in [-0.15, -0.1) is 0 Å². The zero-order valence-electron chi connectivity index (χ0n) is 15.5. The van der Waals surface area contributed by atoms with Crippen LogP contribution in [0.3, 0.4) is 0 Å². The lowest BCUT2D eigenvalue weighted by atomic mass is 10.0. The normalized spacial score (nSPS) is 11.4. The van der Waals surface area contributed by atoms with Crippen LogP contribution in [0.25, 0.3) is 33.3 Å². The number of pyridine rings is 2. The minimum absolute atomic E-state index is 0.123. The van der Waals surface area contributed by atoms with E-state index in [0.29, 0.717) is 5.92 Å². The summed E-state index contributed by atoms with van der Waals surface area (Å²) in [5.41, 5.74) is 4.45. The molecule has 0 fully saturated rings. The molecule has 0 saturated heterocycles. The average Bonchev–Trinajstić information content (AvgIpc) is 3.15. The highest BCUT2D eigenvalue weighted by Gasteiger charge is 2.12. The molecule has 4 aromatic rings. The molecule has 0 unspecified atom stereocenters. The van der Waals surface area contributed by atoms with E-state index in [2.05, 4.69) is 28.9 Å². The first kappa shape index (κ1) is 17.2. The molecule has 1 aromatic carbocycles. The van der Waals surface area contributed by atoms with E-state index >= 15 is 0 Å². The third-order valence-electron chi connectivity index (χ3n) is 4.69. The van der Waals surface area contributed by atoms with Gasteiger partial charge in [0.05, 0.1) is 17.4 Å². The van der Waals surface area contributed by atoms with Crippen LogP contribution >= 0.6 is 0 Å². The Kier molecular flexibility index (Phi) is 4.59. The van der Waals surface area contributed by atoms with Gasteiger partial charge in [-0.05, 0) is 30.5 Å². The molecule has 5 nitrogen and oxygen atoms in total. The Morgan fingerprint density at radius 1 is 1.11 bits per heavy atom. The van der Waals surface area contributed by atoms with E-state index in [4.69, 9.17) is 0 Å². The van der Waals surface area contributed by atoms with Gasteiger partial charge in [-0.3, -0.25) is 14.5 Å². The summed E-state index contributed by atoms with van der Waals surface area (Å²) in [5.74, 6) is 0.631. The molecule has 0 aliphatic heterocycles. The van der Waals surface area contributed by atoms with Gasteiger partial charge in [0, 0.05) is 47.1 Å². The van der Waals surface area contributed by atoms with Gasteiger partial charge in [-0.2, -0.15) is 5.10 Å². The summed E-state index contributed by atoms with van der Waals surface area (Å²) in [6.07, 6.45) is 6.76. The van der Waals surface area contributed by atoms with Crippen molar-refractivity contribution in [1.82, 2.24) is 19.7 Å². The van der Waals surface area contributed by atoms with Crippen LogP contribution in [0.1, 0.15) is 20.3 Å². The highest BCUT2D eigenvalue weighted by atomic mass is 16.1. The number of benzene rings is 1. The molecule has 3 heterocycles. The van der Waals surface area contributed by atoms with Gasteiger partial charge < -0.3 is 4.98 Å². The molecular formula is C22H22N4O. The minimum Gasteiger partial charge on any atom is -0.321 e. The molecule has 0 amide bonds. The van der Waals surface area contributed by atoms with E-state index in [1.807, 2.05) is 53.5 Å². The van der Waals surface area contributed by atoms with Gasteiger partial charge in [0.25, 0.3) is 0 Å². The number of rotatable bonds is 5. The van der Waals surface area contributed by atoms with Crippen molar-refractivity contribution in [3.05, 3.63) is 71.4 Å². The van der Waals surface area contributed by atoms with Crippen LogP contribution in [0.4, 0.5) is 0 Å². The van der Waals surface area contributed by atoms with Crippen LogP contribution in [-0.4, -0.2) is 19.7 Å². The summed E-state index contributed by atoms with van der Waals surface area (Å²) >= 11 is 0. The quantitative estimate of drug-likeness (QED) is 0.571. The van der Waals surface area contributed by atoms with Crippen molar-refractivity contribution in [2.75, 3.05) is 0 Å². The van der Waals surface area contributed by atoms with E-state index in [1.54, 1.807) is 12.3 Å². The minimum atomic E-state index is -0.123. The second kappa shape index (κ2) is 7.19. The molecular weight excluding hydrogens is 336 g/mol. The third kappa shape index (κ3) is 3.67. The van der Waals surface area contributed by atoms with Crippen LogP contribution in [0.2, 0.25) is 0 Å². The SMILES string of the molecule is CC(C)CCn1cc(-c2ccc(=O)[nH]c2-c2ccc3cccnc3c2)cn1. The number of nitrogens with one attached hydrogen (secondary N) is 1. The van der Waals surface area contributed by atoms with Crippen molar-refractivity contribution >= 4 is 10.9 Å². The van der Waals surface area contributed by atoms with Crippen molar-refractivity contribution in [2.45, 2.75) is 26.8 Å². The Morgan fingerprint density at radius 3 is 2.85 bits per heavy atom. The predicted octanol–water partition coefficient (Wildman–Crippen LogP) is 4.50. The Bertz CT molecular complexity index is 1140. The highest BCUT2D eigenvalue weighted by molar-refractivity contribution is 5.87. The smallest absolute Gasteiger partial charge is 0.248 e. The van der Waals surface area contributed by atoms with E-state index in [0.717, 1.165) is 46.3 Å². The Morgan fingerprint density at radius 2 is 2.00 bits per heavy atom. The maximum Gasteiger partial charge on any atom is 0.248 e. The number of nitrogens with zero attached hydrogens (tertiary/aromatic N) is 3. The summed E-state index contributed by atoms with van der Waals surface area (Å²) in [6.45, 7) is 5.30. The number of aryl methyl sites for hydroxylation is 1. The van der Waals surface area contributed by atoms with Crippen LogP contribution < -0.4 is 5.56 Å². The van der Waals surface area contributed by atoms with Gasteiger partial charge >= 0.3 is 0 Å². The molecule has 0 atom stereocenters. The molecule has 0 spiro atoms. The van der Waals surface area contributed by atoms with Crippen molar-refractivity contribution in [3.8, 4) is 22.4 Å². The van der Waals surface area contributed by atoms with E-state index < -0.39 is 0 Å². The second-order valence-electron chi connectivity index (χ2n) is 7.20. The van der Waals surface area contributed by atoms with Gasteiger partial charge in [0.2, 0.25) is 5.56 Å². The fourth-order valence-electron chi connectivity index (χ4n) is 3.18. The third-order valence-corrected chi connectivity index (χ3v) is 4.69. The van der Waals surface area contributed by atoms with E-state index in [1.165, 1.54) is 0 Å². The summed E-state index contributed by atoms with van der Waals surface area (Å²) in [5, 5.41) is 5.56. The van der Waals surface area contributed by atoms with Gasteiger partial charge in [-0.1, -0.05) is 32.0 Å². The molecule has 4 rings (SSSR count). The molecule has 1 N–H and O–H groups in total. The Balaban J connectivity index is 1.77. The number of hydrogen-bond donors (Lipinski definition) is 1. The standard InChI is InChI=1S/C22H22N4O/c1-15(2)9-11-26-14-18(13-24-26)19-7-8-21(27)25-22(19)17-6-5-16-4-3-10-23-20(16)12-17/h3-8,10,12-15H,9,11H2,1-2H3,(H,25,27). The van der Waals surface area contributed by atoms with Crippen molar-refractivity contribution in [3.63, 3.8) is 0 Å². The van der Waals surface area contributed by atoms with E-state index in [9.17, 15) is 4.79 Å². The lowest BCUT2D eigenvalue weighted by Crippen LogP contribution is -2.06. The van der Waals surface area contributed by atoms with Crippen LogP contribution in [0.5, 0.6) is 0 Å². The maximum absolute atomic E-state index is 12.0. The Labute approximate surface area is 157 Å². The summed E-state index contributed by atoms with van der Waals surface area (Å²) in [7, 11) is 0. The molecule has 0 radical (unpaired) electrons. The fraction of sp³-hybridized carbons (Fsp3) is 0.227. The first-order valence-electron chi connectivity index (χ1n) is 9.21. The van der Waals surface area contributed by atoms with Gasteiger partial charge in [0.1, 0.15) is 0 Å². The van der Waals surface area contributed by atoms with Crippen LogP contribution in [-0.2, 0) is 6.54 Å². The molecule has 0 bridgehead atoms. The largest absolute Gasteiger partial charge is 0.321 e. The topological polar surface area (TPSA) is 63.6 Å². The molecule has 136 valence electrons. The first-order valence-corrected chi connectivity index (χ1v) is 9.21. The molecule has 0 aliphatic carbocycles. The number of fused-ring (bicyclic) bond motifs is 1.